The number of fused-ring (bicyclic) bond motifs is 1. The Balaban J connectivity index is 1.72. The van der Waals surface area contributed by atoms with Gasteiger partial charge in [0.15, 0.2) is 23.0 Å². The van der Waals surface area contributed by atoms with E-state index in [1.807, 2.05) is 6.92 Å². The molecule has 0 unspecified atom stereocenters. The number of aromatic amines is 1. The molecule has 0 saturated heterocycles. The smallest absolute Gasteiger partial charge is 0.255 e. The van der Waals surface area contributed by atoms with Crippen LogP contribution >= 0.6 is 0 Å². The van der Waals surface area contributed by atoms with E-state index in [-0.39, 0.29) is 12.7 Å². The van der Waals surface area contributed by atoms with Gasteiger partial charge in [-0.3, -0.25) is 9.89 Å². The van der Waals surface area contributed by atoms with Crippen LogP contribution in [0.1, 0.15) is 23.0 Å². The van der Waals surface area contributed by atoms with E-state index in [1.54, 1.807) is 51.7 Å². The van der Waals surface area contributed by atoms with Gasteiger partial charge in [0.2, 0.25) is 12.5 Å². The van der Waals surface area contributed by atoms with Crippen molar-refractivity contribution in [2.75, 3.05) is 33.4 Å². The second kappa shape index (κ2) is 8.47. The predicted octanol–water partition coefficient (Wildman–Crippen LogP) is 3.65. The summed E-state index contributed by atoms with van der Waals surface area (Å²) < 4.78 is 27.0. The number of nitrogens with one attached hydrogen (secondary N) is 2. The van der Waals surface area contributed by atoms with Crippen LogP contribution in [0.2, 0.25) is 0 Å². The molecule has 1 aromatic heterocycles. The molecule has 2 N–H and O–H groups in total. The lowest BCUT2D eigenvalue weighted by molar-refractivity contribution is 0.102. The molecular formula is C22H23N3O6. The Morgan fingerprint density at radius 2 is 1.77 bits per heavy atom. The Morgan fingerprint density at radius 3 is 2.42 bits per heavy atom. The quantitative estimate of drug-likeness (QED) is 0.595. The van der Waals surface area contributed by atoms with Gasteiger partial charge in [-0.2, -0.15) is 5.10 Å². The third-order valence-corrected chi connectivity index (χ3v) is 5.01. The maximum Gasteiger partial charge on any atom is 0.255 e. The first-order valence-corrected chi connectivity index (χ1v) is 9.68. The van der Waals surface area contributed by atoms with Crippen LogP contribution in [0, 0.1) is 0 Å². The summed E-state index contributed by atoms with van der Waals surface area (Å²) in [6.07, 6.45) is 0.647. The number of carbonyl (C=O) groups is 1. The standard InChI is InChI=1S/C22H23N3O6/c1-5-14-20(23-22(26)12-6-7-15-16(8-12)31-11-30-15)19(25-24-14)13-9-17(27-2)21(29-4)18(10-13)28-3/h6-10H,5,11H2,1-4H3,(H,23,26)(H,24,25). The minimum absolute atomic E-state index is 0.146. The number of ether oxygens (including phenoxy) is 5. The summed E-state index contributed by atoms with van der Waals surface area (Å²) in [7, 11) is 4.64. The van der Waals surface area contributed by atoms with Crippen LogP contribution in [0.25, 0.3) is 11.3 Å². The molecule has 0 spiro atoms. The van der Waals surface area contributed by atoms with Crippen molar-refractivity contribution < 1.29 is 28.5 Å². The summed E-state index contributed by atoms with van der Waals surface area (Å²) >= 11 is 0. The Kier molecular flexibility index (Phi) is 5.57. The summed E-state index contributed by atoms with van der Waals surface area (Å²) in [6.45, 7) is 2.12. The second-order valence-electron chi connectivity index (χ2n) is 6.72. The van der Waals surface area contributed by atoms with E-state index in [1.165, 1.54) is 0 Å². The molecule has 1 amide bonds. The van der Waals surface area contributed by atoms with E-state index in [9.17, 15) is 4.79 Å². The van der Waals surface area contributed by atoms with Crippen LogP contribution < -0.4 is 29.0 Å². The van der Waals surface area contributed by atoms with Gasteiger partial charge in [-0.05, 0) is 36.8 Å². The van der Waals surface area contributed by atoms with Gasteiger partial charge >= 0.3 is 0 Å². The molecule has 2 aromatic carbocycles. The van der Waals surface area contributed by atoms with E-state index in [0.717, 1.165) is 5.69 Å². The molecule has 0 bridgehead atoms. The van der Waals surface area contributed by atoms with Gasteiger partial charge in [-0.15, -0.1) is 0 Å². The topological polar surface area (TPSA) is 104 Å². The number of rotatable bonds is 7. The lowest BCUT2D eigenvalue weighted by atomic mass is 10.1. The predicted molar refractivity (Wildman–Crippen MR) is 114 cm³/mol. The lowest BCUT2D eigenvalue weighted by Gasteiger charge is -2.14. The van der Waals surface area contributed by atoms with Crippen LogP contribution in [0.4, 0.5) is 5.69 Å². The number of anilines is 1. The maximum absolute atomic E-state index is 13.0. The number of hydrogen-bond acceptors (Lipinski definition) is 7. The lowest BCUT2D eigenvalue weighted by Crippen LogP contribution is -2.13. The maximum atomic E-state index is 13.0. The zero-order valence-electron chi connectivity index (χ0n) is 17.7. The molecule has 2 heterocycles. The molecular weight excluding hydrogens is 402 g/mol. The Morgan fingerprint density at radius 1 is 1.06 bits per heavy atom. The summed E-state index contributed by atoms with van der Waals surface area (Å²) in [5, 5.41) is 10.4. The summed E-state index contributed by atoms with van der Waals surface area (Å²) in [4.78, 5) is 13.0. The molecule has 4 rings (SSSR count). The van der Waals surface area contributed by atoms with Crippen LogP contribution in [0.3, 0.4) is 0 Å². The zero-order valence-corrected chi connectivity index (χ0v) is 17.7. The fourth-order valence-electron chi connectivity index (χ4n) is 3.42. The Hall–Kier alpha value is -3.88. The largest absolute Gasteiger partial charge is 0.493 e. The number of aromatic nitrogens is 2. The molecule has 0 fully saturated rings. The molecule has 0 atom stereocenters. The molecule has 1 aliphatic rings. The van der Waals surface area contributed by atoms with Crippen LogP contribution in [0.5, 0.6) is 28.7 Å². The number of methoxy groups -OCH3 is 3. The summed E-state index contributed by atoms with van der Waals surface area (Å²) in [6, 6.07) is 8.63. The average Bonchev–Trinajstić information content (AvgIpc) is 3.43. The molecule has 1 aliphatic heterocycles. The molecule has 31 heavy (non-hydrogen) atoms. The molecule has 9 heteroatoms. The van der Waals surface area contributed by atoms with Crippen molar-refractivity contribution in [2.24, 2.45) is 0 Å². The molecule has 0 aliphatic carbocycles. The minimum Gasteiger partial charge on any atom is -0.493 e. The number of nitrogens with zero attached hydrogens (tertiary/aromatic N) is 1. The van der Waals surface area contributed by atoms with E-state index in [0.29, 0.717) is 57.7 Å². The van der Waals surface area contributed by atoms with Crippen LogP contribution in [-0.2, 0) is 6.42 Å². The number of hydrogen-bond donors (Lipinski definition) is 2. The highest BCUT2D eigenvalue weighted by atomic mass is 16.7. The van der Waals surface area contributed by atoms with Gasteiger partial charge in [0.1, 0.15) is 5.69 Å². The highest BCUT2D eigenvalue weighted by Crippen LogP contribution is 2.43. The molecule has 9 nitrogen and oxygen atoms in total. The van der Waals surface area contributed by atoms with Crippen LogP contribution in [-0.4, -0.2) is 44.2 Å². The first-order chi connectivity index (χ1) is 15.1. The van der Waals surface area contributed by atoms with Crippen LogP contribution in [0.15, 0.2) is 30.3 Å². The number of aryl methyl sites for hydroxylation is 1. The van der Waals surface area contributed by atoms with E-state index < -0.39 is 0 Å². The van der Waals surface area contributed by atoms with Gasteiger partial charge in [-0.1, -0.05) is 6.92 Å². The highest BCUT2D eigenvalue weighted by molar-refractivity contribution is 6.06. The first-order valence-electron chi connectivity index (χ1n) is 9.68. The molecule has 3 aromatic rings. The number of amides is 1. The van der Waals surface area contributed by atoms with E-state index >= 15 is 0 Å². The monoisotopic (exact) mass is 425 g/mol. The van der Waals surface area contributed by atoms with Crippen molar-refractivity contribution >= 4 is 11.6 Å². The van der Waals surface area contributed by atoms with Crippen molar-refractivity contribution in [1.82, 2.24) is 10.2 Å². The third kappa shape index (κ3) is 3.70. The van der Waals surface area contributed by atoms with Gasteiger partial charge in [0.25, 0.3) is 5.91 Å². The van der Waals surface area contributed by atoms with Gasteiger partial charge in [-0.25, -0.2) is 0 Å². The van der Waals surface area contributed by atoms with Crippen molar-refractivity contribution in [1.29, 1.82) is 0 Å². The highest BCUT2D eigenvalue weighted by Gasteiger charge is 2.22. The Labute approximate surface area is 179 Å². The fourth-order valence-corrected chi connectivity index (χ4v) is 3.42. The normalized spacial score (nSPS) is 11.9. The van der Waals surface area contributed by atoms with Crippen molar-refractivity contribution in [3.63, 3.8) is 0 Å². The van der Waals surface area contributed by atoms with Crippen molar-refractivity contribution in [3.05, 3.63) is 41.6 Å². The number of carbonyl (C=O) groups excluding carboxylic acids is 1. The van der Waals surface area contributed by atoms with Crippen molar-refractivity contribution in [2.45, 2.75) is 13.3 Å². The minimum atomic E-state index is -0.289. The number of benzene rings is 2. The fraction of sp³-hybridized carbons (Fsp3) is 0.273. The molecule has 0 radical (unpaired) electrons. The Bertz CT molecular complexity index is 1100. The number of H-pyrrole nitrogens is 1. The SMILES string of the molecule is CCc1[nH]nc(-c2cc(OC)c(OC)c(OC)c2)c1NC(=O)c1ccc2c(c1)OCO2. The average molecular weight is 425 g/mol. The third-order valence-electron chi connectivity index (χ3n) is 5.01. The van der Waals surface area contributed by atoms with Gasteiger partial charge < -0.3 is 29.0 Å². The zero-order chi connectivity index (χ0) is 22.0. The molecule has 0 saturated carbocycles. The van der Waals surface area contributed by atoms with Gasteiger partial charge in [0.05, 0.1) is 32.7 Å². The molecule has 162 valence electrons. The first kappa shape index (κ1) is 20.4. The van der Waals surface area contributed by atoms with Gasteiger partial charge in [0, 0.05) is 11.1 Å². The van der Waals surface area contributed by atoms with E-state index in [2.05, 4.69) is 15.5 Å². The van der Waals surface area contributed by atoms with E-state index in [4.69, 9.17) is 23.7 Å². The summed E-state index contributed by atoms with van der Waals surface area (Å²) in [5.74, 6) is 2.33. The van der Waals surface area contributed by atoms with Crippen molar-refractivity contribution in [3.8, 4) is 40.0 Å². The second-order valence-corrected chi connectivity index (χ2v) is 6.72. The summed E-state index contributed by atoms with van der Waals surface area (Å²) in [5.41, 5.74) is 3.08.